The van der Waals surface area contributed by atoms with Crippen molar-refractivity contribution in [2.75, 3.05) is 18.5 Å². The number of rotatable bonds is 6. The summed E-state index contributed by atoms with van der Waals surface area (Å²) in [7, 11) is 0. The maximum Gasteiger partial charge on any atom is 0.341 e. The Labute approximate surface area is 168 Å². The van der Waals surface area contributed by atoms with Gasteiger partial charge in [-0.2, -0.15) is 0 Å². The SMILES string of the molecule is CCCCOC(=O)C1=C(N)OC(C)=C(C(=O)OCC)C12C(=O)Nc1ccccc12. The highest BCUT2D eigenvalue weighted by Gasteiger charge is 2.61. The van der Waals surface area contributed by atoms with Crippen LogP contribution >= 0.6 is 0 Å². The Hall–Kier alpha value is -3.29. The van der Waals surface area contributed by atoms with E-state index >= 15 is 0 Å². The van der Waals surface area contributed by atoms with Crippen molar-refractivity contribution >= 4 is 23.5 Å². The number of ether oxygens (including phenoxy) is 3. The van der Waals surface area contributed by atoms with Gasteiger partial charge in [0.15, 0.2) is 0 Å². The summed E-state index contributed by atoms with van der Waals surface area (Å²) in [5.41, 5.74) is 4.86. The molecule has 3 N–H and O–H groups in total. The van der Waals surface area contributed by atoms with Crippen LogP contribution in [-0.4, -0.2) is 31.1 Å². The molecular formula is C21H24N2O6. The molecule has 1 atom stereocenters. The minimum absolute atomic E-state index is 0.0848. The molecule has 2 aliphatic rings. The first kappa shape index (κ1) is 20.4. The number of fused-ring (bicyclic) bond motifs is 2. The van der Waals surface area contributed by atoms with Gasteiger partial charge in [-0.25, -0.2) is 9.59 Å². The minimum Gasteiger partial charge on any atom is -0.462 e. The van der Waals surface area contributed by atoms with Gasteiger partial charge >= 0.3 is 11.9 Å². The first-order valence-electron chi connectivity index (χ1n) is 9.54. The van der Waals surface area contributed by atoms with Gasteiger partial charge in [-0.15, -0.1) is 0 Å². The van der Waals surface area contributed by atoms with Gasteiger partial charge in [-0.3, -0.25) is 4.79 Å². The first-order chi connectivity index (χ1) is 13.9. The third-order valence-electron chi connectivity index (χ3n) is 4.95. The zero-order valence-electron chi connectivity index (χ0n) is 16.7. The maximum atomic E-state index is 13.4. The predicted molar refractivity (Wildman–Crippen MR) is 104 cm³/mol. The van der Waals surface area contributed by atoms with E-state index in [0.29, 0.717) is 17.7 Å². The van der Waals surface area contributed by atoms with Crippen LogP contribution in [0.4, 0.5) is 5.69 Å². The van der Waals surface area contributed by atoms with Gasteiger partial charge in [0.25, 0.3) is 0 Å². The molecule has 1 spiro atoms. The highest BCUT2D eigenvalue weighted by atomic mass is 16.5. The van der Waals surface area contributed by atoms with Crippen molar-refractivity contribution in [1.82, 2.24) is 0 Å². The van der Waals surface area contributed by atoms with E-state index in [1.165, 1.54) is 6.92 Å². The predicted octanol–water partition coefficient (Wildman–Crippen LogP) is 2.26. The van der Waals surface area contributed by atoms with Crippen molar-refractivity contribution in [2.45, 2.75) is 39.0 Å². The summed E-state index contributed by atoms with van der Waals surface area (Å²) in [6.45, 7) is 5.36. The van der Waals surface area contributed by atoms with E-state index in [0.717, 1.165) is 6.42 Å². The second-order valence-electron chi connectivity index (χ2n) is 6.73. The molecule has 0 saturated heterocycles. The maximum absolute atomic E-state index is 13.4. The fourth-order valence-electron chi connectivity index (χ4n) is 3.73. The first-order valence-corrected chi connectivity index (χ1v) is 9.54. The normalized spacial score (nSPS) is 20.3. The van der Waals surface area contributed by atoms with Crippen molar-refractivity contribution in [2.24, 2.45) is 5.73 Å². The van der Waals surface area contributed by atoms with Gasteiger partial charge in [0.05, 0.1) is 13.2 Å². The van der Waals surface area contributed by atoms with Gasteiger partial charge in [0.2, 0.25) is 11.8 Å². The summed E-state index contributed by atoms with van der Waals surface area (Å²) < 4.78 is 16.1. The lowest BCUT2D eigenvalue weighted by Gasteiger charge is -2.35. The standard InChI is InChI=1S/C21H24N2O6/c1-4-6-11-28-19(25)16-17(22)29-12(3)15(18(24)27-5-2)21(16)13-9-7-8-10-14(13)23-20(21)26/h7-10H,4-6,11,22H2,1-3H3,(H,23,26). The van der Waals surface area contributed by atoms with Crippen LogP contribution in [0.1, 0.15) is 39.2 Å². The summed E-state index contributed by atoms with van der Waals surface area (Å²) in [5, 5.41) is 2.74. The number of carbonyl (C=O) groups excluding carboxylic acids is 3. The molecule has 0 aliphatic carbocycles. The van der Waals surface area contributed by atoms with Crippen molar-refractivity contribution < 1.29 is 28.6 Å². The lowest BCUT2D eigenvalue weighted by atomic mass is 9.67. The van der Waals surface area contributed by atoms with E-state index in [4.69, 9.17) is 19.9 Å². The molecule has 0 fully saturated rings. The fraction of sp³-hybridized carbons (Fsp3) is 0.381. The van der Waals surface area contributed by atoms with Gasteiger partial charge < -0.3 is 25.3 Å². The number of unbranched alkanes of at least 4 members (excludes halogenated alkanes) is 1. The summed E-state index contributed by atoms with van der Waals surface area (Å²) >= 11 is 0. The Balaban J connectivity index is 2.25. The van der Waals surface area contributed by atoms with Gasteiger partial charge in [0, 0.05) is 11.3 Å². The molecule has 1 amide bonds. The Morgan fingerprint density at radius 1 is 1.14 bits per heavy atom. The third-order valence-corrected chi connectivity index (χ3v) is 4.95. The lowest BCUT2D eigenvalue weighted by Crippen LogP contribution is -2.48. The van der Waals surface area contributed by atoms with Gasteiger partial charge in [-0.05, 0) is 26.3 Å². The molecule has 154 valence electrons. The number of benzene rings is 1. The molecule has 1 aromatic carbocycles. The zero-order chi connectivity index (χ0) is 21.2. The molecule has 2 heterocycles. The van der Waals surface area contributed by atoms with Gasteiger partial charge in [0.1, 0.15) is 22.3 Å². The van der Waals surface area contributed by atoms with Crippen LogP contribution < -0.4 is 11.1 Å². The van der Waals surface area contributed by atoms with E-state index in [9.17, 15) is 14.4 Å². The highest BCUT2D eigenvalue weighted by molar-refractivity contribution is 6.21. The monoisotopic (exact) mass is 400 g/mol. The molecule has 8 nitrogen and oxygen atoms in total. The van der Waals surface area contributed by atoms with E-state index in [1.54, 1.807) is 31.2 Å². The molecule has 0 aromatic heterocycles. The summed E-state index contributed by atoms with van der Waals surface area (Å²) in [6, 6.07) is 6.80. The van der Waals surface area contributed by atoms with Crippen molar-refractivity contribution in [3.8, 4) is 0 Å². The van der Waals surface area contributed by atoms with Crippen LogP contribution in [0.15, 0.2) is 47.1 Å². The van der Waals surface area contributed by atoms with Crippen LogP contribution in [0.2, 0.25) is 0 Å². The third kappa shape index (κ3) is 3.14. The van der Waals surface area contributed by atoms with Crippen LogP contribution in [0, 0.1) is 0 Å². The van der Waals surface area contributed by atoms with E-state index in [-0.39, 0.29) is 36.0 Å². The van der Waals surface area contributed by atoms with Crippen LogP contribution in [-0.2, 0) is 34.0 Å². The molecule has 0 radical (unpaired) electrons. The Kier molecular flexibility index (Phi) is 5.63. The summed E-state index contributed by atoms with van der Waals surface area (Å²) in [5.74, 6) is -2.34. The number of hydrogen-bond donors (Lipinski definition) is 2. The average molecular weight is 400 g/mol. The number of hydrogen-bond acceptors (Lipinski definition) is 7. The molecular weight excluding hydrogens is 376 g/mol. The number of carbonyl (C=O) groups is 3. The van der Waals surface area contributed by atoms with Crippen molar-refractivity contribution in [1.29, 1.82) is 0 Å². The summed E-state index contributed by atoms with van der Waals surface area (Å²) in [6.07, 6.45) is 1.47. The molecule has 0 saturated carbocycles. The van der Waals surface area contributed by atoms with Crippen LogP contribution in [0.25, 0.3) is 0 Å². The lowest BCUT2D eigenvalue weighted by molar-refractivity contribution is -0.143. The number of allylic oxidation sites excluding steroid dienone is 1. The topological polar surface area (TPSA) is 117 Å². The van der Waals surface area contributed by atoms with E-state index < -0.39 is 23.3 Å². The van der Waals surface area contributed by atoms with Crippen molar-refractivity contribution in [3.63, 3.8) is 0 Å². The smallest absolute Gasteiger partial charge is 0.341 e. The largest absolute Gasteiger partial charge is 0.462 e. The number of amides is 1. The zero-order valence-corrected chi connectivity index (χ0v) is 16.7. The van der Waals surface area contributed by atoms with Crippen LogP contribution in [0.3, 0.4) is 0 Å². The second-order valence-corrected chi connectivity index (χ2v) is 6.73. The molecule has 0 bridgehead atoms. The average Bonchev–Trinajstić information content (AvgIpc) is 2.94. The number of anilines is 1. The molecule has 1 aromatic rings. The number of nitrogens with one attached hydrogen (secondary N) is 1. The minimum atomic E-state index is -1.81. The van der Waals surface area contributed by atoms with E-state index in [2.05, 4.69) is 5.32 Å². The Morgan fingerprint density at radius 2 is 1.83 bits per heavy atom. The second kappa shape index (κ2) is 7.98. The van der Waals surface area contributed by atoms with Crippen LogP contribution in [0.5, 0.6) is 0 Å². The number of nitrogens with two attached hydrogens (primary N) is 1. The molecule has 8 heteroatoms. The van der Waals surface area contributed by atoms with E-state index in [1.807, 2.05) is 6.92 Å². The quantitative estimate of drug-likeness (QED) is 0.556. The molecule has 3 rings (SSSR count). The van der Waals surface area contributed by atoms with Crippen molar-refractivity contribution in [3.05, 3.63) is 52.6 Å². The fourth-order valence-corrected chi connectivity index (χ4v) is 3.73. The number of para-hydroxylation sites is 1. The number of esters is 2. The molecule has 29 heavy (non-hydrogen) atoms. The highest BCUT2D eigenvalue weighted by Crippen LogP contribution is 2.52. The molecule has 2 aliphatic heterocycles. The Morgan fingerprint density at radius 3 is 2.52 bits per heavy atom. The van der Waals surface area contributed by atoms with Gasteiger partial charge in [-0.1, -0.05) is 31.5 Å². The summed E-state index contributed by atoms with van der Waals surface area (Å²) in [4.78, 5) is 39.3. The molecule has 1 unspecified atom stereocenters. The Bertz CT molecular complexity index is 933.